The standard InChI is InChI=1S/C13H12N2O5/c14-7-5-6(13(18)19)1-2-8(7)15-11(16)9-3-4-10(20-9)12(15)17/h1-2,5,9-10H,3-4,14H2,(H,18,19). The molecule has 0 aromatic heterocycles. The lowest BCUT2D eigenvalue weighted by molar-refractivity contribution is -0.146. The van der Waals surface area contributed by atoms with Crippen LogP contribution in [-0.2, 0) is 14.3 Å². The number of carbonyl (C=O) groups is 3. The zero-order valence-corrected chi connectivity index (χ0v) is 10.4. The molecular formula is C13H12N2O5. The first-order chi connectivity index (χ1) is 9.49. The van der Waals surface area contributed by atoms with Gasteiger partial charge in [0.15, 0.2) is 0 Å². The van der Waals surface area contributed by atoms with Crippen LogP contribution < -0.4 is 10.6 Å². The number of aromatic carboxylic acids is 1. The number of anilines is 2. The molecule has 2 saturated heterocycles. The molecular weight excluding hydrogens is 264 g/mol. The van der Waals surface area contributed by atoms with Crippen LogP contribution in [0.15, 0.2) is 18.2 Å². The number of ether oxygens (including phenoxy) is 1. The number of fused-ring (bicyclic) bond motifs is 2. The van der Waals surface area contributed by atoms with Crippen LogP contribution in [0.5, 0.6) is 0 Å². The monoisotopic (exact) mass is 276 g/mol. The molecule has 1 aromatic rings. The van der Waals surface area contributed by atoms with Crippen LogP contribution in [0.1, 0.15) is 23.2 Å². The molecule has 0 radical (unpaired) electrons. The van der Waals surface area contributed by atoms with Gasteiger partial charge >= 0.3 is 5.97 Å². The Hall–Kier alpha value is -2.41. The van der Waals surface area contributed by atoms with E-state index < -0.39 is 30.0 Å². The number of benzene rings is 1. The Morgan fingerprint density at radius 3 is 2.35 bits per heavy atom. The number of nitrogens with zero attached hydrogens (tertiary/aromatic N) is 1. The van der Waals surface area contributed by atoms with Gasteiger partial charge in [0.2, 0.25) is 0 Å². The lowest BCUT2D eigenvalue weighted by Crippen LogP contribution is -2.52. The predicted molar refractivity (Wildman–Crippen MR) is 68.2 cm³/mol. The van der Waals surface area contributed by atoms with Crippen molar-refractivity contribution in [1.82, 2.24) is 0 Å². The third-order valence-corrected chi connectivity index (χ3v) is 3.53. The fourth-order valence-corrected chi connectivity index (χ4v) is 2.53. The van der Waals surface area contributed by atoms with E-state index in [1.165, 1.54) is 18.2 Å². The highest BCUT2D eigenvalue weighted by atomic mass is 16.5. The average molecular weight is 276 g/mol. The van der Waals surface area contributed by atoms with Gasteiger partial charge in [0, 0.05) is 0 Å². The van der Waals surface area contributed by atoms with Crippen molar-refractivity contribution in [3.05, 3.63) is 23.8 Å². The summed E-state index contributed by atoms with van der Waals surface area (Å²) >= 11 is 0. The molecule has 2 atom stereocenters. The molecule has 3 rings (SSSR count). The molecule has 7 heteroatoms. The molecule has 0 saturated carbocycles. The first kappa shape index (κ1) is 12.6. The Kier molecular flexibility index (Phi) is 2.72. The van der Waals surface area contributed by atoms with Crippen LogP contribution >= 0.6 is 0 Å². The normalized spacial score (nSPS) is 25.1. The molecule has 3 N–H and O–H groups in total. The van der Waals surface area contributed by atoms with Crippen molar-refractivity contribution in [2.24, 2.45) is 0 Å². The molecule has 2 amide bonds. The summed E-state index contributed by atoms with van der Waals surface area (Å²) < 4.78 is 5.30. The zero-order chi connectivity index (χ0) is 14.4. The van der Waals surface area contributed by atoms with Crippen LogP contribution in [0.4, 0.5) is 11.4 Å². The molecule has 2 heterocycles. The fraction of sp³-hybridized carbons (Fsp3) is 0.308. The van der Waals surface area contributed by atoms with E-state index in [2.05, 4.69) is 0 Å². The van der Waals surface area contributed by atoms with Gasteiger partial charge in [-0.25, -0.2) is 9.69 Å². The summed E-state index contributed by atoms with van der Waals surface area (Å²) in [6.45, 7) is 0. The van der Waals surface area contributed by atoms with E-state index in [4.69, 9.17) is 15.6 Å². The second-order valence-corrected chi connectivity index (χ2v) is 4.78. The lowest BCUT2D eigenvalue weighted by Gasteiger charge is -2.30. The summed E-state index contributed by atoms with van der Waals surface area (Å²) in [7, 11) is 0. The molecule has 7 nitrogen and oxygen atoms in total. The predicted octanol–water partition coefficient (Wildman–Crippen LogP) is 0.388. The molecule has 0 aliphatic carbocycles. The van der Waals surface area contributed by atoms with Gasteiger partial charge < -0.3 is 15.6 Å². The minimum Gasteiger partial charge on any atom is -0.478 e. The fourth-order valence-electron chi connectivity index (χ4n) is 2.53. The Morgan fingerprint density at radius 2 is 1.85 bits per heavy atom. The first-order valence-corrected chi connectivity index (χ1v) is 6.15. The average Bonchev–Trinajstić information content (AvgIpc) is 2.85. The quantitative estimate of drug-likeness (QED) is 0.597. The molecule has 2 bridgehead atoms. The molecule has 2 aliphatic heterocycles. The topological polar surface area (TPSA) is 110 Å². The summed E-state index contributed by atoms with van der Waals surface area (Å²) in [4.78, 5) is 36.2. The molecule has 2 unspecified atom stereocenters. The maximum atomic E-state index is 12.2. The van der Waals surface area contributed by atoms with Gasteiger partial charge in [-0.3, -0.25) is 9.59 Å². The van der Waals surface area contributed by atoms with Gasteiger partial charge in [0.25, 0.3) is 11.8 Å². The van der Waals surface area contributed by atoms with Gasteiger partial charge in [-0.05, 0) is 31.0 Å². The van der Waals surface area contributed by atoms with E-state index in [0.717, 1.165) is 4.90 Å². The summed E-state index contributed by atoms with van der Waals surface area (Å²) in [6.07, 6.45) is -0.204. The number of hydrogen-bond donors (Lipinski definition) is 2. The maximum absolute atomic E-state index is 12.2. The van der Waals surface area contributed by atoms with E-state index in [0.29, 0.717) is 12.8 Å². The van der Waals surface area contributed by atoms with Crippen LogP contribution in [0.25, 0.3) is 0 Å². The van der Waals surface area contributed by atoms with Gasteiger partial charge in [-0.15, -0.1) is 0 Å². The zero-order valence-electron chi connectivity index (χ0n) is 10.4. The molecule has 104 valence electrons. The van der Waals surface area contributed by atoms with Crippen molar-refractivity contribution >= 4 is 29.2 Å². The van der Waals surface area contributed by atoms with Crippen molar-refractivity contribution < 1.29 is 24.2 Å². The van der Waals surface area contributed by atoms with E-state index in [-0.39, 0.29) is 16.9 Å². The molecule has 1 aromatic carbocycles. The first-order valence-electron chi connectivity index (χ1n) is 6.15. The molecule has 0 spiro atoms. The van der Waals surface area contributed by atoms with Crippen molar-refractivity contribution in [1.29, 1.82) is 0 Å². The van der Waals surface area contributed by atoms with Crippen molar-refractivity contribution in [3.63, 3.8) is 0 Å². The van der Waals surface area contributed by atoms with Crippen LogP contribution in [0.3, 0.4) is 0 Å². The number of morpholine rings is 1. The Labute approximate surface area is 113 Å². The minimum absolute atomic E-state index is 0.00220. The number of imide groups is 1. The summed E-state index contributed by atoms with van der Waals surface area (Å²) in [6, 6.07) is 3.92. The second kappa shape index (κ2) is 4.31. The number of rotatable bonds is 2. The van der Waals surface area contributed by atoms with E-state index >= 15 is 0 Å². The van der Waals surface area contributed by atoms with E-state index in [9.17, 15) is 14.4 Å². The largest absolute Gasteiger partial charge is 0.478 e. The summed E-state index contributed by atoms with van der Waals surface area (Å²) in [5.41, 5.74) is 6.07. The van der Waals surface area contributed by atoms with Gasteiger partial charge in [0.05, 0.1) is 16.9 Å². The van der Waals surface area contributed by atoms with Crippen LogP contribution in [-0.4, -0.2) is 35.1 Å². The van der Waals surface area contributed by atoms with Crippen LogP contribution in [0.2, 0.25) is 0 Å². The second-order valence-electron chi connectivity index (χ2n) is 4.78. The molecule has 20 heavy (non-hydrogen) atoms. The van der Waals surface area contributed by atoms with Crippen molar-refractivity contribution in [3.8, 4) is 0 Å². The lowest BCUT2D eigenvalue weighted by atomic mass is 10.1. The summed E-state index contributed by atoms with van der Waals surface area (Å²) in [5.74, 6) is -2.01. The molecule has 2 aliphatic rings. The smallest absolute Gasteiger partial charge is 0.335 e. The Morgan fingerprint density at radius 1 is 1.25 bits per heavy atom. The number of hydrogen-bond acceptors (Lipinski definition) is 5. The van der Waals surface area contributed by atoms with Crippen LogP contribution in [0, 0.1) is 0 Å². The third-order valence-electron chi connectivity index (χ3n) is 3.53. The number of carbonyl (C=O) groups excluding carboxylic acids is 2. The number of nitrogen functional groups attached to an aromatic ring is 1. The number of carboxylic acid groups (broad SMARTS) is 1. The van der Waals surface area contributed by atoms with Crippen molar-refractivity contribution in [2.75, 3.05) is 10.6 Å². The van der Waals surface area contributed by atoms with Crippen molar-refractivity contribution in [2.45, 2.75) is 25.0 Å². The van der Waals surface area contributed by atoms with Gasteiger partial charge in [-0.2, -0.15) is 0 Å². The summed E-state index contributed by atoms with van der Waals surface area (Å²) in [5, 5.41) is 8.89. The highest BCUT2D eigenvalue weighted by Crippen LogP contribution is 2.34. The highest BCUT2D eigenvalue weighted by molar-refractivity contribution is 6.21. The van der Waals surface area contributed by atoms with E-state index in [1.54, 1.807) is 0 Å². The third kappa shape index (κ3) is 1.75. The number of carboxylic acids is 1. The number of nitrogens with two attached hydrogens (primary N) is 1. The number of amides is 2. The van der Waals surface area contributed by atoms with E-state index in [1.807, 2.05) is 0 Å². The highest BCUT2D eigenvalue weighted by Gasteiger charge is 2.47. The maximum Gasteiger partial charge on any atom is 0.335 e. The van der Waals surface area contributed by atoms with Gasteiger partial charge in [-0.1, -0.05) is 0 Å². The minimum atomic E-state index is -1.12. The molecule has 2 fully saturated rings. The Bertz CT molecular complexity index is 605. The Balaban J connectivity index is 2.02. The SMILES string of the molecule is Nc1cc(C(=O)O)ccc1N1C(=O)C2CCC(O2)C1=O. The van der Waals surface area contributed by atoms with Gasteiger partial charge in [0.1, 0.15) is 12.2 Å².